The van der Waals surface area contributed by atoms with Gasteiger partial charge in [0.25, 0.3) is 11.5 Å². The molecule has 4 heterocycles. The first-order valence-corrected chi connectivity index (χ1v) is 11.0. The Hall–Kier alpha value is -3.47. The van der Waals surface area contributed by atoms with Crippen LogP contribution in [0.1, 0.15) is 48.5 Å². The van der Waals surface area contributed by atoms with Gasteiger partial charge in [-0.1, -0.05) is 0 Å². The fraction of sp³-hybridized carbons (Fsp3) is 0.455. The van der Waals surface area contributed by atoms with Gasteiger partial charge in [-0.15, -0.1) is 0 Å². The number of aromatic nitrogens is 4. The summed E-state index contributed by atoms with van der Waals surface area (Å²) in [6, 6.07) is 5.34. The molecule has 0 spiro atoms. The van der Waals surface area contributed by atoms with Crippen molar-refractivity contribution in [2.45, 2.75) is 44.3 Å². The Labute approximate surface area is 189 Å². The highest BCUT2D eigenvalue weighted by atomic mass is 19.1. The van der Waals surface area contributed by atoms with Crippen LogP contribution in [-0.4, -0.2) is 51.5 Å². The number of hydrogen-bond acceptors (Lipinski definition) is 7. The standard InChI is InChI=1S/C18H21N7O3.C4H7F/c1-20-15-9-14(23-17-12(16(19)26)10-21-25(15)17)22-13-3-2-6-24(18(13)27)11-4-7-28-8-5-11;5-4-2-1-3-4/h2-3,6,9-11,20H,4-5,7-8H2,1H3,(H2,19,26)(H,22,23);4H,1-3H2. The predicted molar refractivity (Wildman–Crippen MR) is 123 cm³/mol. The van der Waals surface area contributed by atoms with Gasteiger partial charge >= 0.3 is 0 Å². The fourth-order valence-electron chi connectivity index (χ4n) is 3.73. The summed E-state index contributed by atoms with van der Waals surface area (Å²) in [5, 5.41) is 10.2. The number of alkyl halides is 1. The topological polar surface area (TPSA) is 129 Å². The maximum Gasteiger partial charge on any atom is 0.274 e. The van der Waals surface area contributed by atoms with Crippen LogP contribution < -0.4 is 21.9 Å². The number of anilines is 3. The molecule has 1 amide bonds. The zero-order chi connectivity index (χ0) is 23.4. The van der Waals surface area contributed by atoms with E-state index in [1.54, 1.807) is 29.9 Å². The molecule has 0 atom stereocenters. The van der Waals surface area contributed by atoms with Crippen LogP contribution >= 0.6 is 0 Å². The van der Waals surface area contributed by atoms with E-state index < -0.39 is 12.1 Å². The molecule has 0 bridgehead atoms. The number of nitrogens with one attached hydrogen (secondary N) is 2. The van der Waals surface area contributed by atoms with Gasteiger partial charge in [-0.05, 0) is 44.2 Å². The predicted octanol–water partition coefficient (Wildman–Crippen LogP) is 2.64. The molecule has 1 saturated carbocycles. The number of primary amides is 1. The van der Waals surface area contributed by atoms with Crippen molar-refractivity contribution in [1.82, 2.24) is 19.2 Å². The smallest absolute Gasteiger partial charge is 0.274 e. The number of nitrogens with zero attached hydrogens (tertiary/aromatic N) is 4. The second-order valence-electron chi connectivity index (χ2n) is 8.07. The average Bonchev–Trinajstić information content (AvgIpc) is 3.24. The lowest BCUT2D eigenvalue weighted by Crippen LogP contribution is -2.29. The van der Waals surface area contributed by atoms with Crippen LogP contribution in [0.25, 0.3) is 5.65 Å². The number of carbonyl (C=O) groups is 1. The molecule has 5 rings (SSSR count). The summed E-state index contributed by atoms with van der Waals surface area (Å²) < 4.78 is 20.1. The van der Waals surface area contributed by atoms with E-state index in [0.717, 1.165) is 32.1 Å². The first-order chi connectivity index (χ1) is 16.0. The molecule has 176 valence electrons. The molecule has 4 N–H and O–H groups in total. The number of halogens is 1. The second kappa shape index (κ2) is 9.99. The zero-order valence-corrected chi connectivity index (χ0v) is 18.5. The molecule has 3 aromatic rings. The van der Waals surface area contributed by atoms with Crippen molar-refractivity contribution in [3.05, 3.63) is 46.5 Å². The van der Waals surface area contributed by atoms with E-state index >= 15 is 0 Å². The Morgan fingerprint density at radius 3 is 2.61 bits per heavy atom. The van der Waals surface area contributed by atoms with E-state index in [-0.39, 0.29) is 17.2 Å². The number of hydrogen-bond donors (Lipinski definition) is 3. The average molecular weight is 458 g/mol. The van der Waals surface area contributed by atoms with Gasteiger partial charge in [0.05, 0.1) is 6.20 Å². The quantitative estimate of drug-likeness (QED) is 0.537. The van der Waals surface area contributed by atoms with Gasteiger partial charge in [0.2, 0.25) is 0 Å². The molecule has 1 saturated heterocycles. The third kappa shape index (κ3) is 4.98. The van der Waals surface area contributed by atoms with Crippen LogP contribution in [-0.2, 0) is 4.74 Å². The van der Waals surface area contributed by atoms with Crippen molar-refractivity contribution in [3.8, 4) is 0 Å². The molecule has 1 aliphatic heterocycles. The van der Waals surface area contributed by atoms with Crippen molar-refractivity contribution in [2.24, 2.45) is 5.73 Å². The van der Waals surface area contributed by atoms with Crippen molar-refractivity contribution in [3.63, 3.8) is 0 Å². The number of ether oxygens (including phenoxy) is 1. The lowest BCUT2D eigenvalue weighted by molar-refractivity contribution is 0.0687. The number of pyridine rings is 1. The molecule has 33 heavy (non-hydrogen) atoms. The summed E-state index contributed by atoms with van der Waals surface area (Å²) in [7, 11) is 1.73. The van der Waals surface area contributed by atoms with Crippen LogP contribution in [0.4, 0.5) is 21.7 Å². The number of nitrogens with two attached hydrogens (primary N) is 1. The molecule has 2 aliphatic rings. The van der Waals surface area contributed by atoms with Crippen molar-refractivity contribution >= 4 is 28.9 Å². The van der Waals surface area contributed by atoms with Crippen LogP contribution in [0, 0.1) is 0 Å². The summed E-state index contributed by atoms with van der Waals surface area (Å²) in [5.41, 5.74) is 6.18. The maximum absolute atomic E-state index is 12.9. The van der Waals surface area contributed by atoms with Gasteiger partial charge in [0.15, 0.2) is 5.65 Å². The van der Waals surface area contributed by atoms with Gasteiger partial charge in [0.1, 0.15) is 29.1 Å². The summed E-state index contributed by atoms with van der Waals surface area (Å²) >= 11 is 0. The highest BCUT2D eigenvalue weighted by Crippen LogP contribution is 2.23. The van der Waals surface area contributed by atoms with Crippen LogP contribution in [0.3, 0.4) is 0 Å². The molecule has 0 aromatic carbocycles. The Morgan fingerprint density at radius 1 is 1.27 bits per heavy atom. The van der Waals surface area contributed by atoms with Gasteiger partial charge in [-0.25, -0.2) is 9.37 Å². The molecular weight excluding hydrogens is 429 g/mol. The normalized spacial score (nSPS) is 16.5. The largest absolute Gasteiger partial charge is 0.381 e. The lowest BCUT2D eigenvalue weighted by Gasteiger charge is -2.24. The molecule has 1 aliphatic carbocycles. The minimum atomic E-state index is -0.622. The second-order valence-corrected chi connectivity index (χ2v) is 8.07. The van der Waals surface area contributed by atoms with Gasteiger partial charge in [0, 0.05) is 38.6 Å². The Bertz CT molecular complexity index is 1180. The van der Waals surface area contributed by atoms with Crippen molar-refractivity contribution in [1.29, 1.82) is 0 Å². The minimum Gasteiger partial charge on any atom is -0.381 e. The van der Waals surface area contributed by atoms with Crippen LogP contribution in [0.5, 0.6) is 0 Å². The minimum absolute atomic E-state index is 0.114. The van der Waals surface area contributed by atoms with Gasteiger partial charge in [-0.2, -0.15) is 9.61 Å². The number of rotatable bonds is 5. The van der Waals surface area contributed by atoms with E-state index in [1.807, 2.05) is 6.07 Å². The first kappa shape index (κ1) is 22.7. The third-order valence-electron chi connectivity index (χ3n) is 5.85. The van der Waals surface area contributed by atoms with E-state index in [0.29, 0.717) is 36.2 Å². The highest BCUT2D eigenvalue weighted by molar-refractivity contribution is 5.98. The Morgan fingerprint density at radius 2 is 2.00 bits per heavy atom. The Kier molecular flexibility index (Phi) is 6.87. The third-order valence-corrected chi connectivity index (χ3v) is 5.85. The number of carbonyl (C=O) groups excluding carboxylic acids is 1. The lowest BCUT2D eigenvalue weighted by atomic mass is 9.98. The van der Waals surface area contributed by atoms with E-state index in [2.05, 4.69) is 20.7 Å². The summed E-state index contributed by atoms with van der Waals surface area (Å²) in [6.45, 7) is 1.30. The number of amides is 1. The summed E-state index contributed by atoms with van der Waals surface area (Å²) in [6.07, 6.45) is 7.08. The summed E-state index contributed by atoms with van der Waals surface area (Å²) in [4.78, 5) is 29.0. The van der Waals surface area contributed by atoms with Gasteiger partial charge in [-0.3, -0.25) is 9.59 Å². The molecule has 2 fully saturated rings. The fourth-order valence-corrected chi connectivity index (χ4v) is 3.73. The molecule has 3 aromatic heterocycles. The van der Waals surface area contributed by atoms with Crippen LogP contribution in [0.15, 0.2) is 35.4 Å². The monoisotopic (exact) mass is 457 g/mol. The van der Waals surface area contributed by atoms with E-state index in [9.17, 15) is 14.0 Å². The molecule has 10 nitrogen and oxygen atoms in total. The molecular formula is C22H28FN7O3. The number of fused-ring (bicyclic) bond motifs is 1. The van der Waals surface area contributed by atoms with Crippen molar-refractivity contribution < 1.29 is 13.9 Å². The summed E-state index contributed by atoms with van der Waals surface area (Å²) in [5.74, 6) is 0.380. The Balaban J connectivity index is 0.000000459. The van der Waals surface area contributed by atoms with E-state index in [4.69, 9.17) is 10.5 Å². The molecule has 11 heteroatoms. The zero-order valence-electron chi connectivity index (χ0n) is 18.5. The maximum atomic E-state index is 12.9. The van der Waals surface area contributed by atoms with E-state index in [1.165, 1.54) is 10.7 Å². The van der Waals surface area contributed by atoms with Crippen LogP contribution in [0.2, 0.25) is 0 Å². The SMILES string of the molecule is CNc1cc(Nc2cccn(C3CCOCC3)c2=O)nc2c(C(N)=O)cnn12.FC1CCC1. The first-order valence-electron chi connectivity index (χ1n) is 11.0. The van der Waals surface area contributed by atoms with Crippen molar-refractivity contribution in [2.75, 3.05) is 30.9 Å². The highest BCUT2D eigenvalue weighted by Gasteiger charge is 2.19. The van der Waals surface area contributed by atoms with Gasteiger partial charge < -0.3 is 25.7 Å². The molecule has 0 radical (unpaired) electrons. The molecule has 0 unspecified atom stereocenters.